The molecule has 0 aliphatic carbocycles. The molecule has 1 aliphatic heterocycles. The van der Waals surface area contributed by atoms with E-state index in [0.717, 1.165) is 28.9 Å². The fraction of sp³-hybridized carbons (Fsp3) is 0.263. The number of amides is 1. The number of nitrogens with zero attached hydrogens (tertiary/aromatic N) is 1. The van der Waals surface area contributed by atoms with Gasteiger partial charge in [0.05, 0.1) is 28.5 Å². The molecule has 1 saturated heterocycles. The molecule has 0 aromatic heterocycles. The molecule has 2 aromatic carbocycles. The van der Waals surface area contributed by atoms with Gasteiger partial charge in [-0.1, -0.05) is 28.1 Å². The maximum atomic E-state index is 12.7. The van der Waals surface area contributed by atoms with Gasteiger partial charge in [-0.15, -0.1) is 0 Å². The zero-order chi connectivity index (χ0) is 19.4. The fourth-order valence-electron chi connectivity index (χ4n) is 3.07. The van der Waals surface area contributed by atoms with Crippen molar-refractivity contribution < 1.29 is 9.53 Å². The van der Waals surface area contributed by atoms with Crippen LogP contribution in [-0.2, 0) is 0 Å². The number of anilines is 2. The Morgan fingerprint density at radius 2 is 1.89 bits per heavy atom. The van der Waals surface area contributed by atoms with Crippen molar-refractivity contribution in [2.75, 3.05) is 30.4 Å². The van der Waals surface area contributed by atoms with Crippen molar-refractivity contribution in [2.24, 2.45) is 0 Å². The molecule has 2 aromatic rings. The number of thiocarbonyl (C=S) groups is 1. The zero-order valence-electron chi connectivity index (χ0n) is 14.7. The van der Waals surface area contributed by atoms with E-state index in [1.165, 1.54) is 20.0 Å². The minimum atomic E-state index is -0.343. The fourth-order valence-corrected chi connectivity index (χ4v) is 4.66. The van der Waals surface area contributed by atoms with Crippen molar-refractivity contribution in [2.45, 2.75) is 12.8 Å². The number of rotatable bonds is 4. The average Bonchev–Trinajstić information content (AvgIpc) is 3.16. The highest BCUT2D eigenvalue weighted by Gasteiger charge is 2.19. The molecule has 1 aliphatic rings. The molecule has 5 nitrogen and oxygen atoms in total. The Morgan fingerprint density at radius 1 is 1.19 bits per heavy atom. The van der Waals surface area contributed by atoms with Crippen LogP contribution in [0.3, 0.4) is 0 Å². The van der Waals surface area contributed by atoms with Crippen LogP contribution >= 0.6 is 44.1 Å². The number of halogens is 2. The number of methoxy groups -OCH3 is 1. The number of carbonyl (C=O) groups excluding carboxylic acids is 1. The summed E-state index contributed by atoms with van der Waals surface area (Å²) in [6.07, 6.45) is 2.38. The molecule has 0 saturated carbocycles. The van der Waals surface area contributed by atoms with Gasteiger partial charge in [0.15, 0.2) is 5.11 Å². The second-order valence-electron chi connectivity index (χ2n) is 6.09. The van der Waals surface area contributed by atoms with Crippen LogP contribution in [0.15, 0.2) is 45.3 Å². The molecule has 0 spiro atoms. The van der Waals surface area contributed by atoms with E-state index in [4.69, 9.17) is 17.0 Å². The third-order valence-electron chi connectivity index (χ3n) is 4.28. The van der Waals surface area contributed by atoms with Gasteiger partial charge >= 0.3 is 0 Å². The van der Waals surface area contributed by atoms with Gasteiger partial charge in [-0.25, -0.2) is 0 Å². The van der Waals surface area contributed by atoms with Crippen molar-refractivity contribution in [3.05, 3.63) is 50.9 Å². The number of para-hydroxylation sites is 2. The van der Waals surface area contributed by atoms with Crippen LogP contribution in [0, 0.1) is 0 Å². The number of carbonyl (C=O) groups is 1. The Morgan fingerprint density at radius 3 is 2.59 bits per heavy atom. The van der Waals surface area contributed by atoms with Crippen molar-refractivity contribution in [1.29, 1.82) is 0 Å². The SMILES string of the molecule is COc1c(Br)cc(Br)cc1C(=O)NC(=S)Nc1ccccc1N1CCCC1. The van der Waals surface area contributed by atoms with Crippen LogP contribution < -0.4 is 20.3 Å². The van der Waals surface area contributed by atoms with E-state index in [1.54, 1.807) is 6.07 Å². The van der Waals surface area contributed by atoms with Gasteiger partial charge in [-0.2, -0.15) is 0 Å². The van der Waals surface area contributed by atoms with Crippen LogP contribution in [0.4, 0.5) is 11.4 Å². The summed E-state index contributed by atoms with van der Waals surface area (Å²) in [6, 6.07) is 11.5. The first-order chi connectivity index (χ1) is 13.0. The molecule has 27 heavy (non-hydrogen) atoms. The Hall–Kier alpha value is -1.64. The Labute approximate surface area is 180 Å². The van der Waals surface area contributed by atoms with Gasteiger partial charge in [0, 0.05) is 17.6 Å². The van der Waals surface area contributed by atoms with Crippen molar-refractivity contribution >= 4 is 66.5 Å². The molecule has 142 valence electrons. The smallest absolute Gasteiger partial charge is 0.261 e. The lowest BCUT2D eigenvalue weighted by atomic mass is 10.2. The molecule has 1 amide bonds. The number of hydrogen-bond acceptors (Lipinski definition) is 4. The van der Waals surface area contributed by atoms with Crippen LogP contribution in [-0.4, -0.2) is 31.2 Å². The van der Waals surface area contributed by atoms with Gasteiger partial charge in [0.1, 0.15) is 5.75 Å². The summed E-state index contributed by atoms with van der Waals surface area (Å²) < 4.78 is 6.79. The molecule has 1 fully saturated rings. The topological polar surface area (TPSA) is 53.6 Å². The Bertz CT molecular complexity index is 870. The monoisotopic (exact) mass is 511 g/mol. The van der Waals surface area contributed by atoms with Crippen molar-refractivity contribution in [1.82, 2.24) is 5.32 Å². The van der Waals surface area contributed by atoms with E-state index in [1.807, 2.05) is 24.3 Å². The molecule has 0 bridgehead atoms. The molecule has 3 rings (SSSR count). The quantitative estimate of drug-likeness (QED) is 0.568. The van der Waals surface area contributed by atoms with Crippen LogP contribution in [0.25, 0.3) is 0 Å². The van der Waals surface area contributed by atoms with E-state index < -0.39 is 0 Å². The van der Waals surface area contributed by atoms with Gasteiger partial charge in [0.25, 0.3) is 5.91 Å². The van der Waals surface area contributed by atoms with Crippen LogP contribution in [0.1, 0.15) is 23.2 Å². The average molecular weight is 513 g/mol. The second kappa shape index (κ2) is 9.03. The predicted molar refractivity (Wildman–Crippen MR) is 120 cm³/mol. The third kappa shape index (κ3) is 4.80. The molecule has 8 heteroatoms. The van der Waals surface area contributed by atoms with E-state index in [0.29, 0.717) is 15.8 Å². The first-order valence-corrected chi connectivity index (χ1v) is 10.5. The van der Waals surface area contributed by atoms with Gasteiger partial charge in [-0.05, 0) is 65.3 Å². The highest BCUT2D eigenvalue weighted by atomic mass is 79.9. The summed E-state index contributed by atoms with van der Waals surface area (Å²) in [5.41, 5.74) is 2.36. The summed E-state index contributed by atoms with van der Waals surface area (Å²) in [5, 5.41) is 6.12. The van der Waals surface area contributed by atoms with Crippen molar-refractivity contribution in [3.8, 4) is 5.75 Å². The van der Waals surface area contributed by atoms with E-state index in [2.05, 4.69) is 53.5 Å². The maximum absolute atomic E-state index is 12.7. The summed E-state index contributed by atoms with van der Waals surface area (Å²) in [7, 11) is 1.52. The van der Waals surface area contributed by atoms with Crippen LogP contribution in [0.5, 0.6) is 5.75 Å². The van der Waals surface area contributed by atoms with E-state index in [9.17, 15) is 4.79 Å². The molecule has 1 heterocycles. The minimum absolute atomic E-state index is 0.241. The van der Waals surface area contributed by atoms with Crippen LogP contribution in [0.2, 0.25) is 0 Å². The summed E-state index contributed by atoms with van der Waals surface area (Å²) in [4.78, 5) is 15.0. The van der Waals surface area contributed by atoms with Gasteiger partial charge in [-0.3, -0.25) is 10.1 Å². The normalized spacial score (nSPS) is 13.4. The van der Waals surface area contributed by atoms with Gasteiger partial charge < -0.3 is 15.0 Å². The molecule has 0 unspecified atom stereocenters. The summed E-state index contributed by atoms with van der Waals surface area (Å²) in [6.45, 7) is 2.06. The lowest BCUT2D eigenvalue weighted by molar-refractivity contribution is 0.0974. The third-order valence-corrected chi connectivity index (χ3v) is 5.53. The standard InChI is InChI=1S/C19H19Br2N3O2S/c1-26-17-13(10-12(20)11-14(17)21)18(25)23-19(27)22-15-6-2-3-7-16(15)24-8-4-5-9-24/h2-3,6-7,10-11H,4-5,8-9H2,1H3,(H2,22,23,25,27). The Kier molecular flexibility index (Phi) is 6.73. The lowest BCUT2D eigenvalue weighted by Crippen LogP contribution is -2.35. The number of hydrogen-bond donors (Lipinski definition) is 2. The number of ether oxygens (including phenoxy) is 1. The molecular formula is C19H19Br2N3O2S. The number of nitrogens with one attached hydrogen (secondary N) is 2. The summed E-state index contributed by atoms with van der Waals surface area (Å²) >= 11 is 12.2. The van der Waals surface area contributed by atoms with Gasteiger partial charge in [0.2, 0.25) is 0 Å². The predicted octanol–water partition coefficient (Wildman–Crippen LogP) is 4.95. The second-order valence-corrected chi connectivity index (χ2v) is 8.27. The molecule has 0 radical (unpaired) electrons. The molecule has 2 N–H and O–H groups in total. The minimum Gasteiger partial charge on any atom is -0.495 e. The first-order valence-electron chi connectivity index (χ1n) is 8.49. The highest BCUT2D eigenvalue weighted by Crippen LogP contribution is 2.33. The van der Waals surface area contributed by atoms with E-state index >= 15 is 0 Å². The van der Waals surface area contributed by atoms with E-state index in [-0.39, 0.29) is 11.0 Å². The zero-order valence-corrected chi connectivity index (χ0v) is 18.7. The summed E-state index contributed by atoms with van der Waals surface area (Å²) in [5.74, 6) is 0.112. The number of benzene rings is 2. The largest absolute Gasteiger partial charge is 0.495 e. The lowest BCUT2D eigenvalue weighted by Gasteiger charge is -2.22. The maximum Gasteiger partial charge on any atom is 0.261 e. The van der Waals surface area contributed by atoms with Crippen molar-refractivity contribution in [3.63, 3.8) is 0 Å². The first kappa shape index (κ1) is 20.1. The molecular weight excluding hydrogens is 494 g/mol. The highest BCUT2D eigenvalue weighted by molar-refractivity contribution is 9.11. The Balaban J connectivity index is 1.75. The molecule has 0 atom stereocenters.